The van der Waals surface area contributed by atoms with Gasteiger partial charge in [-0.05, 0) is 62.1 Å². The summed E-state index contributed by atoms with van der Waals surface area (Å²) in [5, 5.41) is 16.4. The lowest BCUT2D eigenvalue weighted by Gasteiger charge is -2.12. The Bertz CT molecular complexity index is 1710. The highest BCUT2D eigenvalue weighted by atomic mass is 79.9. The number of carbonyl (C=O) groups is 3. The van der Waals surface area contributed by atoms with Crippen LogP contribution in [-0.2, 0) is 22.7 Å². The third-order valence-corrected chi connectivity index (χ3v) is 6.72. The highest BCUT2D eigenvalue weighted by Crippen LogP contribution is 2.38. The summed E-state index contributed by atoms with van der Waals surface area (Å²) in [6.07, 6.45) is 1.33. The molecule has 5 rings (SSSR count). The van der Waals surface area contributed by atoms with Crippen LogP contribution < -0.4 is 10.1 Å². The van der Waals surface area contributed by atoms with Crippen LogP contribution in [0.4, 0.5) is 10.5 Å². The van der Waals surface area contributed by atoms with Gasteiger partial charge in [-0.3, -0.25) is 19.8 Å². The third-order valence-electron chi connectivity index (χ3n) is 6.13. The smallest absolute Gasteiger partial charge is 0.373 e. The molecule has 4 aromatic rings. The number of methoxy groups -OCH3 is 1. The molecule has 0 unspecified atom stereocenters. The molecule has 0 aliphatic carbocycles. The SMILES string of the molecule is COC(=O)c1ccc(CN2C(=O)N/C(=C\c3cc(Br)c(OCc4cccc5ccccc45)c([N+](=O)[O-])c3)C2=O)o1. The summed E-state index contributed by atoms with van der Waals surface area (Å²) in [5.41, 5.74) is 0.740. The van der Waals surface area contributed by atoms with Gasteiger partial charge in [0.15, 0.2) is 0 Å². The van der Waals surface area contributed by atoms with E-state index in [4.69, 9.17) is 9.15 Å². The summed E-state index contributed by atoms with van der Waals surface area (Å²) in [6.45, 7) is -0.140. The van der Waals surface area contributed by atoms with Gasteiger partial charge in [-0.25, -0.2) is 9.59 Å². The predicted octanol–water partition coefficient (Wildman–Crippen LogP) is 5.56. The second-order valence-corrected chi connectivity index (χ2v) is 9.53. The summed E-state index contributed by atoms with van der Waals surface area (Å²) in [7, 11) is 1.20. The van der Waals surface area contributed by atoms with E-state index in [1.165, 1.54) is 31.4 Å². The first-order valence-electron chi connectivity index (χ1n) is 11.8. The van der Waals surface area contributed by atoms with Gasteiger partial charge >= 0.3 is 17.7 Å². The summed E-state index contributed by atoms with van der Waals surface area (Å²) in [4.78, 5) is 49.2. The van der Waals surface area contributed by atoms with Crippen LogP contribution >= 0.6 is 15.9 Å². The molecule has 0 radical (unpaired) electrons. The molecule has 1 N–H and O–H groups in total. The molecule has 1 aromatic heterocycles. The first-order valence-corrected chi connectivity index (χ1v) is 12.6. The number of fused-ring (bicyclic) bond motifs is 1. The van der Waals surface area contributed by atoms with Crippen molar-refractivity contribution in [2.45, 2.75) is 13.2 Å². The molecule has 1 aliphatic rings. The van der Waals surface area contributed by atoms with Gasteiger partial charge in [0.1, 0.15) is 18.1 Å². The number of amides is 3. The first kappa shape index (κ1) is 26.6. The largest absolute Gasteiger partial charge is 0.481 e. The zero-order chi connectivity index (χ0) is 28.4. The Morgan fingerprint density at radius 2 is 1.90 bits per heavy atom. The Hall–Kier alpha value is -4.97. The molecular weight excluding hydrogens is 586 g/mol. The first-order chi connectivity index (χ1) is 19.2. The minimum atomic E-state index is -0.712. The number of esters is 1. The van der Waals surface area contributed by atoms with E-state index in [0.29, 0.717) is 4.47 Å². The van der Waals surface area contributed by atoms with Gasteiger partial charge in [0.2, 0.25) is 11.5 Å². The van der Waals surface area contributed by atoms with Crippen LogP contribution in [0.2, 0.25) is 0 Å². The molecule has 1 saturated heterocycles. The summed E-state index contributed by atoms with van der Waals surface area (Å²) in [5.74, 6) is -1.21. The lowest BCUT2D eigenvalue weighted by Crippen LogP contribution is -2.30. The van der Waals surface area contributed by atoms with E-state index >= 15 is 0 Å². The Morgan fingerprint density at radius 1 is 1.12 bits per heavy atom. The molecule has 0 bridgehead atoms. The fourth-order valence-electron chi connectivity index (χ4n) is 4.24. The second-order valence-electron chi connectivity index (χ2n) is 8.67. The number of carbonyl (C=O) groups excluding carboxylic acids is 3. The maximum absolute atomic E-state index is 12.9. The van der Waals surface area contributed by atoms with Crippen molar-refractivity contribution in [3.63, 3.8) is 0 Å². The van der Waals surface area contributed by atoms with Gasteiger partial charge in [-0.2, -0.15) is 0 Å². The number of nitrogens with zero attached hydrogens (tertiary/aromatic N) is 2. The molecule has 1 aliphatic heterocycles. The van der Waals surface area contributed by atoms with Gasteiger partial charge in [-0.1, -0.05) is 42.5 Å². The number of benzene rings is 3. The monoisotopic (exact) mass is 605 g/mol. The van der Waals surface area contributed by atoms with Crippen LogP contribution in [0.25, 0.3) is 16.8 Å². The average molecular weight is 606 g/mol. The normalized spacial score (nSPS) is 14.1. The topological polar surface area (TPSA) is 141 Å². The van der Waals surface area contributed by atoms with Gasteiger partial charge in [0.05, 0.1) is 23.1 Å². The van der Waals surface area contributed by atoms with Crippen LogP contribution in [0.3, 0.4) is 0 Å². The zero-order valence-corrected chi connectivity index (χ0v) is 22.5. The zero-order valence-electron chi connectivity index (χ0n) is 20.9. The molecule has 2 heterocycles. The number of rotatable bonds is 8. The lowest BCUT2D eigenvalue weighted by molar-refractivity contribution is -0.386. The van der Waals surface area contributed by atoms with Crippen molar-refractivity contribution in [2.24, 2.45) is 0 Å². The third kappa shape index (κ3) is 5.29. The lowest BCUT2D eigenvalue weighted by atomic mass is 10.1. The van der Waals surface area contributed by atoms with Gasteiger partial charge in [0, 0.05) is 6.07 Å². The van der Waals surface area contributed by atoms with Crippen molar-refractivity contribution in [3.8, 4) is 5.75 Å². The fraction of sp³-hybridized carbons (Fsp3) is 0.107. The molecule has 0 atom stereocenters. The molecular formula is C28H20BrN3O8. The molecule has 1 fully saturated rings. The Morgan fingerprint density at radius 3 is 2.67 bits per heavy atom. The molecule has 12 heteroatoms. The molecule has 3 amide bonds. The van der Waals surface area contributed by atoms with E-state index < -0.39 is 22.8 Å². The number of nitro benzene ring substituents is 1. The van der Waals surface area contributed by atoms with Crippen molar-refractivity contribution in [3.05, 3.63) is 110 Å². The van der Waals surface area contributed by atoms with Crippen molar-refractivity contribution in [1.82, 2.24) is 10.2 Å². The van der Waals surface area contributed by atoms with Crippen molar-refractivity contribution in [1.29, 1.82) is 0 Å². The highest BCUT2D eigenvalue weighted by Gasteiger charge is 2.34. The van der Waals surface area contributed by atoms with Crippen molar-refractivity contribution < 1.29 is 33.2 Å². The average Bonchev–Trinajstić information content (AvgIpc) is 3.52. The number of urea groups is 1. The Labute approximate surface area is 235 Å². The van der Waals surface area contributed by atoms with E-state index in [9.17, 15) is 24.5 Å². The molecule has 0 spiro atoms. The number of hydrogen-bond acceptors (Lipinski definition) is 8. The molecule has 0 saturated carbocycles. The summed E-state index contributed by atoms with van der Waals surface area (Å²) < 4.78 is 16.1. The summed E-state index contributed by atoms with van der Waals surface area (Å²) in [6, 6.07) is 18.4. The Kier molecular flexibility index (Phi) is 7.34. The standard InChI is InChI=1S/C28H20BrN3O8/c1-38-27(34)24-10-9-19(40-24)14-31-26(33)22(30-28(31)35)12-16-11-21(29)25(23(13-16)32(36)37)39-15-18-7-4-6-17-5-2-3-8-20(17)18/h2-13H,14-15H2,1H3,(H,30,35)/b22-12-. The van der Waals surface area contributed by atoms with E-state index in [-0.39, 0.29) is 47.4 Å². The molecule has 202 valence electrons. The molecule has 40 heavy (non-hydrogen) atoms. The van der Waals surface area contributed by atoms with E-state index in [2.05, 4.69) is 26.0 Å². The minimum absolute atomic E-state index is 0.0303. The van der Waals surface area contributed by atoms with Gasteiger partial charge in [-0.15, -0.1) is 0 Å². The van der Waals surface area contributed by atoms with Crippen molar-refractivity contribution in [2.75, 3.05) is 7.11 Å². The number of imide groups is 1. The maximum atomic E-state index is 12.9. The van der Waals surface area contributed by atoms with E-state index in [1.54, 1.807) is 6.07 Å². The number of hydrogen-bond donors (Lipinski definition) is 1. The number of nitro groups is 1. The predicted molar refractivity (Wildman–Crippen MR) is 146 cm³/mol. The highest BCUT2D eigenvalue weighted by molar-refractivity contribution is 9.10. The van der Waals surface area contributed by atoms with Crippen LogP contribution in [0, 0.1) is 10.1 Å². The van der Waals surface area contributed by atoms with Crippen LogP contribution in [0.15, 0.2) is 81.3 Å². The number of halogens is 1. The molecule has 3 aromatic carbocycles. The van der Waals surface area contributed by atoms with Crippen LogP contribution in [0.1, 0.15) is 27.4 Å². The number of nitrogens with one attached hydrogen (secondary N) is 1. The van der Waals surface area contributed by atoms with E-state index in [1.807, 2.05) is 42.5 Å². The number of furan rings is 1. The van der Waals surface area contributed by atoms with Crippen LogP contribution in [-0.4, -0.2) is 34.8 Å². The maximum Gasteiger partial charge on any atom is 0.373 e. The number of ether oxygens (including phenoxy) is 2. The van der Waals surface area contributed by atoms with Crippen LogP contribution in [0.5, 0.6) is 5.75 Å². The van der Waals surface area contributed by atoms with Gasteiger partial charge < -0.3 is 19.2 Å². The quantitative estimate of drug-likeness (QED) is 0.0904. The fourth-order valence-corrected chi connectivity index (χ4v) is 4.82. The van der Waals surface area contributed by atoms with Gasteiger partial charge in [0.25, 0.3) is 5.91 Å². The van der Waals surface area contributed by atoms with E-state index in [0.717, 1.165) is 21.2 Å². The Balaban J connectivity index is 1.37. The molecule has 11 nitrogen and oxygen atoms in total. The second kappa shape index (κ2) is 11.0. The minimum Gasteiger partial charge on any atom is -0.481 e. The van der Waals surface area contributed by atoms with Crippen molar-refractivity contribution >= 4 is 56.4 Å². The summed E-state index contributed by atoms with van der Waals surface area (Å²) >= 11 is 3.35.